The molecule has 0 aromatic heterocycles. The largest absolute Gasteiger partial charge is 0.352 e. The number of hydrogen-bond acceptors (Lipinski definition) is 3. The average molecular weight is 470 g/mol. The Morgan fingerprint density at radius 1 is 0.800 bits per heavy atom. The number of nitrogens with zero attached hydrogens (tertiary/aromatic N) is 2. The lowest BCUT2D eigenvalue weighted by Gasteiger charge is -2.31. The van der Waals surface area contributed by atoms with Crippen molar-refractivity contribution in [2.45, 2.75) is 45.3 Å². The number of rotatable bonds is 7. The molecule has 2 aliphatic rings. The van der Waals surface area contributed by atoms with Crippen LogP contribution in [-0.2, 0) is 24.4 Å². The lowest BCUT2D eigenvalue weighted by molar-refractivity contribution is -0.126. The first kappa shape index (κ1) is 21.5. The first-order valence-electron chi connectivity index (χ1n) is 11.2. The molecule has 4 nitrogen and oxygen atoms in total. The fraction of sp³-hybridized carbons (Fsp3) is 0.480. The van der Waals surface area contributed by atoms with E-state index in [4.69, 9.17) is 0 Å². The maximum absolute atomic E-state index is 12.6. The van der Waals surface area contributed by atoms with Crippen LogP contribution >= 0.6 is 15.9 Å². The van der Waals surface area contributed by atoms with Gasteiger partial charge in [0.2, 0.25) is 5.91 Å². The zero-order chi connectivity index (χ0) is 20.8. The van der Waals surface area contributed by atoms with Crippen molar-refractivity contribution in [3.8, 4) is 0 Å². The molecule has 0 saturated carbocycles. The molecule has 2 heterocycles. The Morgan fingerprint density at radius 3 is 1.90 bits per heavy atom. The van der Waals surface area contributed by atoms with E-state index in [1.807, 2.05) is 0 Å². The molecule has 2 aliphatic heterocycles. The van der Waals surface area contributed by atoms with Gasteiger partial charge in [-0.3, -0.25) is 14.6 Å². The van der Waals surface area contributed by atoms with Crippen molar-refractivity contribution in [3.63, 3.8) is 0 Å². The van der Waals surface area contributed by atoms with Crippen molar-refractivity contribution in [1.82, 2.24) is 15.1 Å². The number of hydrogen-bond donors (Lipinski definition) is 1. The smallest absolute Gasteiger partial charge is 0.223 e. The van der Waals surface area contributed by atoms with Gasteiger partial charge in [0, 0.05) is 30.0 Å². The van der Waals surface area contributed by atoms with Crippen molar-refractivity contribution >= 4 is 21.8 Å². The second-order valence-electron chi connectivity index (χ2n) is 8.69. The van der Waals surface area contributed by atoms with Gasteiger partial charge >= 0.3 is 0 Å². The molecule has 0 aliphatic carbocycles. The summed E-state index contributed by atoms with van der Waals surface area (Å²) in [5.41, 5.74) is 3.88. The first-order valence-corrected chi connectivity index (χ1v) is 12.0. The second kappa shape index (κ2) is 10.6. The van der Waals surface area contributed by atoms with Crippen LogP contribution in [0.4, 0.5) is 0 Å². The average Bonchev–Trinajstić information content (AvgIpc) is 3.28. The van der Waals surface area contributed by atoms with Gasteiger partial charge < -0.3 is 5.32 Å². The minimum absolute atomic E-state index is 0.139. The van der Waals surface area contributed by atoms with Gasteiger partial charge in [-0.15, -0.1) is 0 Å². The Morgan fingerprint density at radius 2 is 1.30 bits per heavy atom. The van der Waals surface area contributed by atoms with Crippen molar-refractivity contribution in [2.24, 2.45) is 5.92 Å². The topological polar surface area (TPSA) is 35.6 Å². The highest BCUT2D eigenvalue weighted by atomic mass is 79.9. The summed E-state index contributed by atoms with van der Waals surface area (Å²) in [7, 11) is 0. The van der Waals surface area contributed by atoms with Gasteiger partial charge in [-0.25, -0.2) is 0 Å². The molecular weight excluding hydrogens is 438 g/mol. The predicted molar refractivity (Wildman–Crippen MR) is 125 cm³/mol. The van der Waals surface area contributed by atoms with E-state index in [1.54, 1.807) is 0 Å². The van der Waals surface area contributed by atoms with E-state index in [1.165, 1.54) is 42.6 Å². The van der Waals surface area contributed by atoms with E-state index >= 15 is 0 Å². The van der Waals surface area contributed by atoms with E-state index in [2.05, 4.69) is 79.6 Å². The van der Waals surface area contributed by atoms with Crippen LogP contribution in [0, 0.1) is 5.92 Å². The van der Waals surface area contributed by atoms with Gasteiger partial charge in [-0.1, -0.05) is 52.3 Å². The Labute approximate surface area is 188 Å². The first-order chi connectivity index (χ1) is 14.7. The van der Waals surface area contributed by atoms with E-state index in [-0.39, 0.29) is 11.8 Å². The van der Waals surface area contributed by atoms with Crippen molar-refractivity contribution in [3.05, 3.63) is 69.7 Å². The Bertz CT molecular complexity index is 807. The Hall–Kier alpha value is -1.69. The van der Waals surface area contributed by atoms with Crippen LogP contribution in [0.5, 0.6) is 0 Å². The summed E-state index contributed by atoms with van der Waals surface area (Å²) in [5.74, 6) is 0.347. The van der Waals surface area contributed by atoms with Crippen molar-refractivity contribution in [2.75, 3.05) is 26.2 Å². The summed E-state index contributed by atoms with van der Waals surface area (Å²) >= 11 is 3.49. The normalized spacial score (nSPS) is 18.6. The van der Waals surface area contributed by atoms with E-state index < -0.39 is 0 Å². The molecule has 0 unspecified atom stereocenters. The molecule has 2 aromatic carbocycles. The molecule has 30 heavy (non-hydrogen) atoms. The third-order valence-electron chi connectivity index (χ3n) is 6.37. The third-order valence-corrected chi connectivity index (χ3v) is 6.90. The van der Waals surface area contributed by atoms with Crippen LogP contribution in [0.1, 0.15) is 42.4 Å². The maximum Gasteiger partial charge on any atom is 0.223 e. The van der Waals surface area contributed by atoms with Crippen LogP contribution in [-0.4, -0.2) is 41.9 Å². The summed E-state index contributed by atoms with van der Waals surface area (Å²) in [5, 5.41) is 3.16. The molecule has 0 radical (unpaired) electrons. The molecule has 1 amide bonds. The molecular formula is C25H32BrN3O. The minimum atomic E-state index is 0.139. The number of benzene rings is 2. The van der Waals surface area contributed by atoms with Crippen LogP contribution < -0.4 is 5.32 Å². The number of halogens is 1. The number of amides is 1. The second-order valence-corrected chi connectivity index (χ2v) is 9.61. The van der Waals surface area contributed by atoms with E-state index in [9.17, 15) is 4.79 Å². The highest BCUT2D eigenvalue weighted by Gasteiger charge is 2.24. The minimum Gasteiger partial charge on any atom is -0.352 e. The molecule has 2 saturated heterocycles. The third kappa shape index (κ3) is 6.16. The van der Waals surface area contributed by atoms with Crippen molar-refractivity contribution in [1.29, 1.82) is 0 Å². The molecule has 5 heteroatoms. The molecule has 0 spiro atoms. The van der Waals surface area contributed by atoms with Gasteiger partial charge in [0.05, 0.1) is 0 Å². The fourth-order valence-corrected chi connectivity index (χ4v) is 4.76. The monoisotopic (exact) mass is 469 g/mol. The summed E-state index contributed by atoms with van der Waals surface area (Å²) < 4.78 is 1.11. The van der Waals surface area contributed by atoms with Crippen molar-refractivity contribution < 1.29 is 4.79 Å². The van der Waals surface area contributed by atoms with E-state index in [0.717, 1.165) is 43.5 Å². The van der Waals surface area contributed by atoms with Gasteiger partial charge in [-0.2, -0.15) is 0 Å². The highest BCUT2D eigenvalue weighted by Crippen LogP contribution is 2.20. The zero-order valence-electron chi connectivity index (χ0n) is 17.7. The van der Waals surface area contributed by atoms with Crippen LogP contribution in [0.3, 0.4) is 0 Å². The van der Waals surface area contributed by atoms with Gasteiger partial charge in [0.15, 0.2) is 0 Å². The summed E-state index contributed by atoms with van der Waals surface area (Å²) in [4.78, 5) is 17.6. The molecule has 1 N–H and O–H groups in total. The van der Waals surface area contributed by atoms with Crippen LogP contribution in [0.15, 0.2) is 53.0 Å². The lowest BCUT2D eigenvalue weighted by Crippen LogP contribution is -2.40. The summed E-state index contributed by atoms with van der Waals surface area (Å²) in [6.45, 7) is 7.05. The number of piperidine rings is 1. The Kier molecular flexibility index (Phi) is 7.58. The number of nitrogens with one attached hydrogen (secondary N) is 1. The Balaban J connectivity index is 1.18. The van der Waals surface area contributed by atoms with E-state index in [0.29, 0.717) is 6.54 Å². The number of carbonyl (C=O) groups is 1. The van der Waals surface area contributed by atoms with Crippen LogP contribution in [0.25, 0.3) is 0 Å². The molecule has 2 fully saturated rings. The van der Waals surface area contributed by atoms with Gasteiger partial charge in [0.1, 0.15) is 0 Å². The van der Waals surface area contributed by atoms with Gasteiger partial charge in [-0.05, 0) is 80.7 Å². The summed E-state index contributed by atoms with van der Waals surface area (Å²) in [6, 6.07) is 17.3. The lowest BCUT2D eigenvalue weighted by atomic mass is 9.95. The molecule has 2 aromatic rings. The zero-order valence-corrected chi connectivity index (χ0v) is 19.2. The molecule has 0 atom stereocenters. The summed E-state index contributed by atoms with van der Waals surface area (Å²) in [6.07, 6.45) is 4.54. The fourth-order valence-electron chi connectivity index (χ4n) is 4.50. The van der Waals surface area contributed by atoms with Crippen LogP contribution in [0.2, 0.25) is 0 Å². The quantitative estimate of drug-likeness (QED) is 0.644. The number of likely N-dealkylation sites (tertiary alicyclic amines) is 2. The molecule has 160 valence electrons. The number of carbonyl (C=O) groups excluding carboxylic acids is 1. The standard InChI is InChI=1S/C25H32BrN3O/c26-24-9-7-22(8-10-24)19-29-15-11-23(12-16-29)25(30)27-17-20-3-5-21(6-4-20)18-28-13-1-2-14-28/h3-10,23H,1-2,11-19H2,(H,27,30). The molecule has 4 rings (SSSR count). The SMILES string of the molecule is O=C(NCc1ccc(CN2CCCC2)cc1)C1CCN(Cc2ccc(Br)cc2)CC1. The molecule has 0 bridgehead atoms. The predicted octanol–water partition coefficient (Wildman–Crippen LogP) is 4.57. The van der Waals surface area contributed by atoms with Gasteiger partial charge in [0.25, 0.3) is 0 Å². The highest BCUT2D eigenvalue weighted by molar-refractivity contribution is 9.10. The maximum atomic E-state index is 12.6.